The number of rotatable bonds is 5. The SMILES string of the molecule is CCON1C(=O)CC(C(=O)OC)C12CCN(Cc1cccc(Cl)c1)CC2. The number of benzene rings is 1. The summed E-state index contributed by atoms with van der Waals surface area (Å²) in [7, 11) is 1.37. The number of halogens is 1. The molecular formula is C19H25ClN2O4. The standard InChI is InChI=1S/C19H25ClN2O4/c1-3-26-22-17(23)12-16(18(24)25-2)19(22)7-9-21(10-8-19)13-14-5-4-6-15(20)11-14/h4-6,11,16H,3,7-10,12-13H2,1-2H3. The Kier molecular flexibility index (Phi) is 5.85. The number of nitrogens with zero attached hydrogens (tertiary/aromatic N) is 2. The van der Waals surface area contributed by atoms with Crippen LogP contribution in [0.1, 0.15) is 31.7 Å². The highest BCUT2D eigenvalue weighted by molar-refractivity contribution is 6.30. The first-order valence-electron chi connectivity index (χ1n) is 9.01. The normalized spacial score (nSPS) is 22.8. The van der Waals surface area contributed by atoms with Crippen molar-refractivity contribution in [2.45, 2.75) is 38.3 Å². The van der Waals surface area contributed by atoms with E-state index in [9.17, 15) is 9.59 Å². The van der Waals surface area contributed by atoms with E-state index in [4.69, 9.17) is 21.2 Å². The van der Waals surface area contributed by atoms with E-state index in [1.54, 1.807) is 0 Å². The number of amides is 1. The molecule has 0 aliphatic carbocycles. The Morgan fingerprint density at radius 3 is 2.69 bits per heavy atom. The van der Waals surface area contributed by atoms with E-state index >= 15 is 0 Å². The molecule has 0 saturated carbocycles. The van der Waals surface area contributed by atoms with Crippen molar-refractivity contribution in [3.05, 3.63) is 34.9 Å². The zero-order chi connectivity index (χ0) is 18.7. The Labute approximate surface area is 158 Å². The molecule has 2 fully saturated rings. The van der Waals surface area contributed by atoms with Crippen molar-refractivity contribution in [1.82, 2.24) is 9.96 Å². The van der Waals surface area contributed by atoms with Gasteiger partial charge in [-0.25, -0.2) is 5.06 Å². The number of hydrogen-bond donors (Lipinski definition) is 0. The van der Waals surface area contributed by atoms with Gasteiger partial charge in [-0.3, -0.25) is 19.3 Å². The minimum absolute atomic E-state index is 0.134. The van der Waals surface area contributed by atoms with Crippen LogP contribution in [0.5, 0.6) is 0 Å². The number of methoxy groups -OCH3 is 1. The zero-order valence-corrected chi connectivity index (χ0v) is 16.0. The maximum absolute atomic E-state index is 12.4. The molecule has 26 heavy (non-hydrogen) atoms. The highest BCUT2D eigenvalue weighted by Gasteiger charge is 2.58. The molecule has 2 heterocycles. The summed E-state index contributed by atoms with van der Waals surface area (Å²) >= 11 is 6.07. The summed E-state index contributed by atoms with van der Waals surface area (Å²) in [4.78, 5) is 32.7. The molecule has 1 aromatic carbocycles. The molecule has 1 unspecified atom stereocenters. The molecule has 1 spiro atoms. The predicted octanol–water partition coefficient (Wildman–Crippen LogP) is 2.65. The van der Waals surface area contributed by atoms with Gasteiger partial charge in [-0.15, -0.1) is 0 Å². The highest BCUT2D eigenvalue weighted by atomic mass is 35.5. The van der Waals surface area contributed by atoms with E-state index in [-0.39, 0.29) is 18.3 Å². The number of hydroxylamine groups is 2. The van der Waals surface area contributed by atoms with Crippen LogP contribution in [0.4, 0.5) is 0 Å². The third-order valence-electron chi connectivity index (χ3n) is 5.42. The van der Waals surface area contributed by atoms with Gasteiger partial charge in [0.1, 0.15) is 0 Å². The monoisotopic (exact) mass is 380 g/mol. The molecular weight excluding hydrogens is 356 g/mol. The first-order valence-corrected chi connectivity index (χ1v) is 9.38. The molecule has 1 aromatic rings. The molecule has 0 aromatic heterocycles. The number of piperidine rings is 1. The van der Waals surface area contributed by atoms with Crippen molar-refractivity contribution in [2.75, 3.05) is 26.8 Å². The van der Waals surface area contributed by atoms with Crippen LogP contribution in [-0.2, 0) is 25.7 Å². The van der Waals surface area contributed by atoms with E-state index in [1.165, 1.54) is 12.2 Å². The summed E-state index contributed by atoms with van der Waals surface area (Å²) in [6.07, 6.45) is 1.51. The van der Waals surface area contributed by atoms with Gasteiger partial charge in [-0.1, -0.05) is 23.7 Å². The molecule has 0 N–H and O–H groups in total. The van der Waals surface area contributed by atoms with Crippen molar-refractivity contribution < 1.29 is 19.2 Å². The Morgan fingerprint density at radius 2 is 2.08 bits per heavy atom. The number of likely N-dealkylation sites (tertiary alicyclic amines) is 1. The minimum atomic E-state index is -0.606. The Bertz CT molecular complexity index is 673. The van der Waals surface area contributed by atoms with Crippen LogP contribution in [0.3, 0.4) is 0 Å². The summed E-state index contributed by atoms with van der Waals surface area (Å²) < 4.78 is 4.97. The largest absolute Gasteiger partial charge is 0.469 e. The van der Waals surface area contributed by atoms with Crippen LogP contribution in [0.15, 0.2) is 24.3 Å². The van der Waals surface area contributed by atoms with Crippen LogP contribution in [0.2, 0.25) is 5.02 Å². The average molecular weight is 381 g/mol. The van der Waals surface area contributed by atoms with E-state index in [0.29, 0.717) is 19.4 Å². The number of esters is 1. The third kappa shape index (κ3) is 3.59. The fraction of sp³-hybridized carbons (Fsp3) is 0.579. The number of hydrogen-bond acceptors (Lipinski definition) is 5. The van der Waals surface area contributed by atoms with Crippen LogP contribution < -0.4 is 0 Å². The van der Waals surface area contributed by atoms with Crippen molar-refractivity contribution in [2.24, 2.45) is 5.92 Å². The van der Waals surface area contributed by atoms with Crippen LogP contribution in [0.25, 0.3) is 0 Å². The number of carbonyl (C=O) groups is 2. The summed E-state index contributed by atoms with van der Waals surface area (Å²) in [5.41, 5.74) is 0.549. The predicted molar refractivity (Wildman–Crippen MR) is 97.3 cm³/mol. The van der Waals surface area contributed by atoms with Crippen molar-refractivity contribution in [3.63, 3.8) is 0 Å². The van der Waals surface area contributed by atoms with Gasteiger partial charge in [0.15, 0.2) is 0 Å². The lowest BCUT2D eigenvalue weighted by Crippen LogP contribution is -2.57. The van der Waals surface area contributed by atoms with Gasteiger partial charge in [0.05, 0.1) is 25.2 Å². The van der Waals surface area contributed by atoms with Crippen molar-refractivity contribution >= 4 is 23.5 Å². The Hall–Kier alpha value is -1.63. The molecule has 1 amide bonds. The van der Waals surface area contributed by atoms with Crippen LogP contribution >= 0.6 is 11.6 Å². The second kappa shape index (κ2) is 7.94. The van der Waals surface area contributed by atoms with Gasteiger partial charge >= 0.3 is 5.97 Å². The molecule has 7 heteroatoms. The smallest absolute Gasteiger partial charge is 0.311 e. The lowest BCUT2D eigenvalue weighted by molar-refractivity contribution is -0.221. The van der Waals surface area contributed by atoms with Crippen molar-refractivity contribution in [1.29, 1.82) is 0 Å². The third-order valence-corrected chi connectivity index (χ3v) is 5.65. The molecule has 2 aliphatic rings. The van der Waals surface area contributed by atoms with Gasteiger partial charge < -0.3 is 4.74 Å². The quantitative estimate of drug-likeness (QED) is 0.735. The Balaban J connectivity index is 1.74. The molecule has 6 nitrogen and oxygen atoms in total. The van der Waals surface area contributed by atoms with Crippen molar-refractivity contribution in [3.8, 4) is 0 Å². The fourth-order valence-corrected chi connectivity index (χ4v) is 4.37. The molecule has 0 bridgehead atoms. The molecule has 3 rings (SSSR count). The fourth-order valence-electron chi connectivity index (χ4n) is 4.16. The molecule has 2 saturated heterocycles. The second-order valence-electron chi connectivity index (χ2n) is 6.90. The summed E-state index contributed by atoms with van der Waals surface area (Å²) in [6.45, 7) is 4.59. The van der Waals surface area contributed by atoms with Gasteiger partial charge in [-0.2, -0.15) is 0 Å². The zero-order valence-electron chi connectivity index (χ0n) is 15.2. The molecule has 0 radical (unpaired) electrons. The first kappa shape index (κ1) is 19.1. The van der Waals surface area contributed by atoms with E-state index in [2.05, 4.69) is 11.0 Å². The van der Waals surface area contributed by atoms with E-state index in [0.717, 1.165) is 30.2 Å². The van der Waals surface area contributed by atoms with Gasteiger partial charge in [0.2, 0.25) is 5.91 Å². The lowest BCUT2D eigenvalue weighted by Gasteiger charge is -2.45. The molecule has 142 valence electrons. The summed E-state index contributed by atoms with van der Waals surface area (Å²) in [5.74, 6) is -0.936. The summed E-state index contributed by atoms with van der Waals surface area (Å²) in [6, 6.07) is 7.83. The van der Waals surface area contributed by atoms with Gasteiger partial charge in [0.25, 0.3) is 0 Å². The van der Waals surface area contributed by atoms with E-state index in [1.807, 2.05) is 25.1 Å². The van der Waals surface area contributed by atoms with Gasteiger partial charge in [0, 0.05) is 31.1 Å². The lowest BCUT2D eigenvalue weighted by atomic mass is 9.77. The molecule has 1 atom stereocenters. The van der Waals surface area contributed by atoms with E-state index < -0.39 is 11.5 Å². The first-order chi connectivity index (χ1) is 12.5. The maximum atomic E-state index is 12.4. The number of ether oxygens (including phenoxy) is 1. The van der Waals surface area contributed by atoms with Gasteiger partial charge in [-0.05, 0) is 37.5 Å². The second-order valence-corrected chi connectivity index (χ2v) is 7.33. The number of carbonyl (C=O) groups excluding carboxylic acids is 2. The topological polar surface area (TPSA) is 59.1 Å². The minimum Gasteiger partial charge on any atom is -0.469 e. The Morgan fingerprint density at radius 1 is 1.35 bits per heavy atom. The average Bonchev–Trinajstić information content (AvgIpc) is 2.89. The summed E-state index contributed by atoms with van der Waals surface area (Å²) in [5, 5.41) is 2.19. The van der Waals surface area contributed by atoms with Crippen LogP contribution in [0, 0.1) is 5.92 Å². The highest BCUT2D eigenvalue weighted by Crippen LogP contribution is 2.44. The van der Waals surface area contributed by atoms with Crippen LogP contribution in [-0.4, -0.2) is 54.2 Å². The molecule has 2 aliphatic heterocycles. The maximum Gasteiger partial charge on any atom is 0.311 e.